The molecule has 2 aromatic rings. The predicted molar refractivity (Wildman–Crippen MR) is 84.7 cm³/mol. The molecular formula is C17H18N2O3. The van der Waals surface area contributed by atoms with E-state index in [-0.39, 0.29) is 11.5 Å². The molecule has 0 saturated carbocycles. The first kappa shape index (κ1) is 15.7. The largest absolute Gasteiger partial charge is 0.478 e. The molecule has 5 heteroatoms. The number of pyridine rings is 1. The van der Waals surface area contributed by atoms with E-state index in [1.54, 1.807) is 36.5 Å². The molecular weight excluding hydrogens is 280 g/mol. The molecule has 0 aliphatic carbocycles. The van der Waals surface area contributed by atoms with Crippen LogP contribution in [0.3, 0.4) is 0 Å². The number of nitrogens with one attached hydrogen (secondary N) is 1. The van der Waals surface area contributed by atoms with Crippen molar-refractivity contribution in [3.05, 3.63) is 48.2 Å². The summed E-state index contributed by atoms with van der Waals surface area (Å²) in [6.07, 6.45) is 1.65. The van der Waals surface area contributed by atoms with Crippen molar-refractivity contribution in [1.82, 2.24) is 4.98 Å². The molecule has 2 rings (SSSR count). The van der Waals surface area contributed by atoms with Gasteiger partial charge in [0.2, 0.25) is 5.91 Å². The molecule has 0 fully saturated rings. The van der Waals surface area contributed by atoms with Gasteiger partial charge in [-0.05, 0) is 29.8 Å². The first-order valence-electron chi connectivity index (χ1n) is 6.88. The van der Waals surface area contributed by atoms with Crippen LogP contribution in [0.5, 0.6) is 0 Å². The number of carbonyl (C=O) groups is 2. The molecule has 1 aromatic carbocycles. The smallest absolute Gasteiger partial charge is 0.335 e. The Morgan fingerprint density at radius 1 is 1.00 bits per heavy atom. The van der Waals surface area contributed by atoms with Crippen molar-refractivity contribution in [2.75, 3.05) is 5.32 Å². The van der Waals surface area contributed by atoms with Crippen LogP contribution < -0.4 is 5.32 Å². The SMILES string of the molecule is CC(C)(C)C(=O)Nc1ccc(-c2ccc(C(=O)O)cc2)cn1. The van der Waals surface area contributed by atoms with Crippen LogP contribution in [0.4, 0.5) is 5.82 Å². The zero-order valence-corrected chi connectivity index (χ0v) is 12.8. The number of carboxylic acids is 1. The van der Waals surface area contributed by atoms with Crippen molar-refractivity contribution in [1.29, 1.82) is 0 Å². The Kier molecular flexibility index (Phi) is 4.26. The second-order valence-corrected chi connectivity index (χ2v) is 6.02. The van der Waals surface area contributed by atoms with Gasteiger partial charge in [0.1, 0.15) is 5.82 Å². The van der Waals surface area contributed by atoms with Gasteiger partial charge in [0.15, 0.2) is 0 Å². The van der Waals surface area contributed by atoms with Crippen LogP contribution in [0.1, 0.15) is 31.1 Å². The second kappa shape index (κ2) is 5.97. The number of hydrogen-bond donors (Lipinski definition) is 2. The van der Waals surface area contributed by atoms with Crippen LogP contribution in [0.2, 0.25) is 0 Å². The van der Waals surface area contributed by atoms with Crippen molar-refractivity contribution in [2.24, 2.45) is 5.41 Å². The Morgan fingerprint density at radius 3 is 2.05 bits per heavy atom. The average molecular weight is 298 g/mol. The molecule has 0 saturated heterocycles. The number of rotatable bonds is 3. The third-order valence-corrected chi connectivity index (χ3v) is 3.15. The lowest BCUT2D eigenvalue weighted by molar-refractivity contribution is -0.123. The molecule has 0 radical (unpaired) electrons. The van der Waals surface area contributed by atoms with Gasteiger partial charge in [-0.15, -0.1) is 0 Å². The molecule has 0 unspecified atom stereocenters. The van der Waals surface area contributed by atoms with Crippen LogP contribution in [0, 0.1) is 5.41 Å². The summed E-state index contributed by atoms with van der Waals surface area (Å²) in [6, 6.07) is 10.1. The number of aromatic nitrogens is 1. The zero-order valence-electron chi connectivity index (χ0n) is 12.8. The summed E-state index contributed by atoms with van der Waals surface area (Å²) in [5.41, 5.74) is 1.48. The predicted octanol–water partition coefficient (Wildman–Crippen LogP) is 3.43. The number of anilines is 1. The van der Waals surface area contributed by atoms with Crippen molar-refractivity contribution in [2.45, 2.75) is 20.8 Å². The summed E-state index contributed by atoms with van der Waals surface area (Å²) < 4.78 is 0. The van der Waals surface area contributed by atoms with Crippen molar-refractivity contribution >= 4 is 17.7 Å². The Morgan fingerprint density at radius 2 is 1.59 bits per heavy atom. The van der Waals surface area contributed by atoms with Gasteiger partial charge in [-0.3, -0.25) is 4.79 Å². The number of hydrogen-bond acceptors (Lipinski definition) is 3. The molecule has 2 N–H and O–H groups in total. The van der Waals surface area contributed by atoms with Gasteiger partial charge in [-0.25, -0.2) is 9.78 Å². The minimum absolute atomic E-state index is 0.0986. The fourth-order valence-electron chi connectivity index (χ4n) is 1.75. The molecule has 0 atom stereocenters. The van der Waals surface area contributed by atoms with E-state index in [1.165, 1.54) is 0 Å². The van der Waals surface area contributed by atoms with Crippen LogP contribution in [0.15, 0.2) is 42.6 Å². The quantitative estimate of drug-likeness (QED) is 0.909. The molecule has 1 amide bonds. The third-order valence-electron chi connectivity index (χ3n) is 3.15. The van der Waals surface area contributed by atoms with Gasteiger partial charge >= 0.3 is 5.97 Å². The lowest BCUT2D eigenvalue weighted by atomic mass is 9.96. The minimum atomic E-state index is -0.954. The number of carboxylic acid groups (broad SMARTS) is 1. The van der Waals surface area contributed by atoms with E-state index in [2.05, 4.69) is 10.3 Å². The molecule has 0 spiro atoms. The number of carbonyl (C=O) groups excluding carboxylic acids is 1. The topological polar surface area (TPSA) is 79.3 Å². The van der Waals surface area contributed by atoms with E-state index in [0.29, 0.717) is 5.82 Å². The van der Waals surface area contributed by atoms with Gasteiger partial charge in [0.25, 0.3) is 0 Å². The highest BCUT2D eigenvalue weighted by Crippen LogP contribution is 2.21. The van der Waals surface area contributed by atoms with Crippen molar-refractivity contribution in [3.8, 4) is 11.1 Å². The van der Waals surface area contributed by atoms with Crippen LogP contribution >= 0.6 is 0 Å². The van der Waals surface area contributed by atoms with Gasteiger partial charge in [0.05, 0.1) is 5.56 Å². The average Bonchev–Trinajstić information content (AvgIpc) is 2.47. The van der Waals surface area contributed by atoms with Gasteiger partial charge in [-0.1, -0.05) is 32.9 Å². The highest BCUT2D eigenvalue weighted by atomic mass is 16.4. The highest BCUT2D eigenvalue weighted by Gasteiger charge is 2.21. The normalized spacial score (nSPS) is 11.0. The standard InChI is InChI=1S/C17H18N2O3/c1-17(2,3)16(22)19-14-9-8-13(10-18-14)11-4-6-12(7-5-11)15(20)21/h4-10H,1-3H3,(H,20,21)(H,18,19,22). The van der Waals surface area contributed by atoms with E-state index < -0.39 is 11.4 Å². The first-order chi connectivity index (χ1) is 10.3. The molecule has 114 valence electrons. The highest BCUT2D eigenvalue weighted by molar-refractivity contribution is 5.93. The molecule has 0 aliphatic heterocycles. The van der Waals surface area contributed by atoms with E-state index >= 15 is 0 Å². The van der Waals surface area contributed by atoms with Crippen LogP contribution in [-0.4, -0.2) is 22.0 Å². The fourth-order valence-corrected chi connectivity index (χ4v) is 1.75. The Hall–Kier alpha value is -2.69. The number of nitrogens with zero attached hydrogens (tertiary/aromatic N) is 1. The zero-order chi connectivity index (χ0) is 16.3. The molecule has 1 aromatic heterocycles. The van der Waals surface area contributed by atoms with Gasteiger partial charge < -0.3 is 10.4 Å². The van der Waals surface area contributed by atoms with E-state index in [9.17, 15) is 9.59 Å². The fraction of sp³-hybridized carbons (Fsp3) is 0.235. The first-order valence-corrected chi connectivity index (χ1v) is 6.88. The summed E-state index contributed by atoms with van der Waals surface area (Å²) in [5, 5.41) is 11.6. The lowest BCUT2D eigenvalue weighted by Crippen LogP contribution is -2.27. The van der Waals surface area contributed by atoms with E-state index in [4.69, 9.17) is 5.11 Å². The van der Waals surface area contributed by atoms with E-state index in [0.717, 1.165) is 11.1 Å². The minimum Gasteiger partial charge on any atom is -0.478 e. The molecule has 0 aliphatic rings. The molecule has 22 heavy (non-hydrogen) atoms. The third kappa shape index (κ3) is 3.69. The maximum atomic E-state index is 11.9. The summed E-state index contributed by atoms with van der Waals surface area (Å²) >= 11 is 0. The number of amides is 1. The lowest BCUT2D eigenvalue weighted by Gasteiger charge is -2.17. The maximum Gasteiger partial charge on any atom is 0.335 e. The van der Waals surface area contributed by atoms with Crippen LogP contribution in [0.25, 0.3) is 11.1 Å². The van der Waals surface area contributed by atoms with Crippen molar-refractivity contribution in [3.63, 3.8) is 0 Å². The summed E-state index contributed by atoms with van der Waals surface area (Å²) in [7, 11) is 0. The Balaban J connectivity index is 2.15. The number of benzene rings is 1. The van der Waals surface area contributed by atoms with Gasteiger partial charge in [-0.2, -0.15) is 0 Å². The Labute approximate surface area is 129 Å². The van der Waals surface area contributed by atoms with Gasteiger partial charge in [0, 0.05) is 17.2 Å². The molecule has 1 heterocycles. The second-order valence-electron chi connectivity index (χ2n) is 6.02. The van der Waals surface area contributed by atoms with Crippen LogP contribution in [-0.2, 0) is 4.79 Å². The summed E-state index contributed by atoms with van der Waals surface area (Å²) in [4.78, 5) is 26.9. The summed E-state index contributed by atoms with van der Waals surface area (Å²) in [5.74, 6) is -0.561. The monoisotopic (exact) mass is 298 g/mol. The van der Waals surface area contributed by atoms with Crippen molar-refractivity contribution < 1.29 is 14.7 Å². The maximum absolute atomic E-state index is 11.9. The molecule has 0 bridgehead atoms. The Bertz CT molecular complexity index is 683. The molecule has 5 nitrogen and oxygen atoms in total. The van der Waals surface area contributed by atoms with E-state index in [1.807, 2.05) is 26.8 Å². The number of aromatic carboxylic acids is 1. The summed E-state index contributed by atoms with van der Waals surface area (Å²) in [6.45, 7) is 5.50.